The first-order valence-electron chi connectivity index (χ1n) is 5.76. The van der Waals surface area contributed by atoms with Crippen molar-refractivity contribution in [2.75, 3.05) is 5.32 Å². The molecule has 2 N–H and O–H groups in total. The number of aromatic hydroxyl groups is 1. The van der Waals surface area contributed by atoms with E-state index in [-0.39, 0.29) is 23.2 Å². The molecule has 100 valence electrons. The van der Waals surface area contributed by atoms with Crippen LogP contribution in [-0.2, 0) is 11.3 Å². The van der Waals surface area contributed by atoms with Crippen LogP contribution in [-0.4, -0.2) is 11.0 Å². The fraction of sp³-hybridized carbons (Fsp3) is 0.0714. The number of pyridine rings is 1. The summed E-state index contributed by atoms with van der Waals surface area (Å²) in [7, 11) is 0. The summed E-state index contributed by atoms with van der Waals surface area (Å²) in [6.45, 7) is 0.0615. The molecule has 0 atom stereocenters. The molecule has 2 rings (SSSR count). The lowest BCUT2D eigenvalue weighted by Gasteiger charge is -2.04. The third-order valence-corrected chi connectivity index (χ3v) is 2.85. The standard InChI is InChI=1S/C14H10ClN3O2/c15-13-6-11(4-3-10(13)7-16)17-14(20)9-18-5-1-2-12(19)8-18/h1-6,8H,9H2,(H-,17,19,20)/p+1. The van der Waals surface area contributed by atoms with Gasteiger partial charge in [0.1, 0.15) is 6.07 Å². The molecule has 0 spiro atoms. The van der Waals surface area contributed by atoms with Crippen LogP contribution in [0.25, 0.3) is 0 Å². The van der Waals surface area contributed by atoms with E-state index >= 15 is 0 Å². The summed E-state index contributed by atoms with van der Waals surface area (Å²) in [5.74, 6) is -0.178. The molecule has 5 nitrogen and oxygen atoms in total. The Morgan fingerprint density at radius 1 is 1.45 bits per heavy atom. The van der Waals surface area contributed by atoms with Crippen LogP contribution in [0.15, 0.2) is 42.7 Å². The Balaban J connectivity index is 2.05. The minimum absolute atomic E-state index is 0.0615. The number of carbonyl (C=O) groups is 1. The van der Waals surface area contributed by atoms with Crippen LogP contribution in [0.3, 0.4) is 0 Å². The number of nitrogens with zero attached hydrogens (tertiary/aromatic N) is 2. The predicted molar refractivity (Wildman–Crippen MR) is 73.1 cm³/mol. The van der Waals surface area contributed by atoms with Crippen LogP contribution < -0.4 is 9.88 Å². The molecule has 1 aromatic carbocycles. The minimum Gasteiger partial charge on any atom is -0.503 e. The maximum absolute atomic E-state index is 11.8. The molecule has 1 aromatic heterocycles. The lowest BCUT2D eigenvalue weighted by Crippen LogP contribution is -2.39. The summed E-state index contributed by atoms with van der Waals surface area (Å²) in [4.78, 5) is 11.8. The highest BCUT2D eigenvalue weighted by Crippen LogP contribution is 2.20. The first-order chi connectivity index (χ1) is 9.58. The largest absolute Gasteiger partial charge is 0.503 e. The molecule has 1 heterocycles. The number of aromatic nitrogens is 1. The molecular formula is C14H11ClN3O2+. The van der Waals surface area contributed by atoms with Crippen molar-refractivity contribution in [3.63, 3.8) is 0 Å². The molecule has 0 aliphatic heterocycles. The molecule has 0 saturated heterocycles. The quantitative estimate of drug-likeness (QED) is 0.846. The number of benzene rings is 1. The minimum atomic E-state index is -0.263. The Morgan fingerprint density at radius 2 is 2.25 bits per heavy atom. The highest BCUT2D eigenvalue weighted by molar-refractivity contribution is 6.32. The summed E-state index contributed by atoms with van der Waals surface area (Å²) < 4.78 is 1.55. The van der Waals surface area contributed by atoms with Gasteiger partial charge < -0.3 is 10.4 Å². The van der Waals surface area contributed by atoms with Gasteiger partial charge in [-0.25, -0.2) is 0 Å². The third-order valence-electron chi connectivity index (χ3n) is 2.54. The smallest absolute Gasteiger partial charge is 0.290 e. The summed E-state index contributed by atoms with van der Waals surface area (Å²) in [6.07, 6.45) is 3.12. The second-order valence-corrected chi connectivity index (χ2v) is 4.50. The summed E-state index contributed by atoms with van der Waals surface area (Å²) in [5.41, 5.74) is 0.867. The molecule has 0 unspecified atom stereocenters. The summed E-state index contributed by atoms with van der Waals surface area (Å²) >= 11 is 5.88. The predicted octanol–water partition coefficient (Wildman–Crippen LogP) is 1.84. The zero-order chi connectivity index (χ0) is 14.5. The zero-order valence-corrected chi connectivity index (χ0v) is 11.1. The van der Waals surface area contributed by atoms with Crippen molar-refractivity contribution in [1.29, 1.82) is 5.26 Å². The van der Waals surface area contributed by atoms with E-state index in [4.69, 9.17) is 16.9 Å². The number of nitriles is 1. The molecule has 0 saturated carbocycles. The number of nitrogens with one attached hydrogen (secondary N) is 1. The van der Waals surface area contributed by atoms with E-state index in [1.165, 1.54) is 18.3 Å². The van der Waals surface area contributed by atoms with Crippen LogP contribution in [0.2, 0.25) is 5.02 Å². The Labute approximate surface area is 120 Å². The van der Waals surface area contributed by atoms with Gasteiger partial charge in [0, 0.05) is 11.8 Å². The number of carbonyl (C=O) groups excluding carboxylic acids is 1. The normalized spacial score (nSPS) is 9.80. The molecule has 0 aliphatic rings. The average Bonchev–Trinajstić information content (AvgIpc) is 2.38. The highest BCUT2D eigenvalue weighted by atomic mass is 35.5. The molecule has 20 heavy (non-hydrogen) atoms. The van der Waals surface area contributed by atoms with Crippen molar-refractivity contribution in [2.45, 2.75) is 6.54 Å². The van der Waals surface area contributed by atoms with Crippen molar-refractivity contribution < 1.29 is 14.5 Å². The van der Waals surface area contributed by atoms with Crippen molar-refractivity contribution in [3.8, 4) is 11.8 Å². The van der Waals surface area contributed by atoms with Gasteiger partial charge in [0.15, 0.2) is 11.9 Å². The van der Waals surface area contributed by atoms with E-state index in [1.54, 1.807) is 29.0 Å². The second-order valence-electron chi connectivity index (χ2n) is 4.09. The van der Waals surface area contributed by atoms with Crippen LogP contribution >= 0.6 is 11.6 Å². The fourth-order valence-electron chi connectivity index (χ4n) is 1.66. The first-order valence-corrected chi connectivity index (χ1v) is 6.14. The van der Waals surface area contributed by atoms with E-state index in [0.29, 0.717) is 11.3 Å². The van der Waals surface area contributed by atoms with Crippen molar-refractivity contribution in [2.24, 2.45) is 0 Å². The fourth-order valence-corrected chi connectivity index (χ4v) is 1.88. The summed E-state index contributed by atoms with van der Waals surface area (Å²) in [5, 5.41) is 21.0. The van der Waals surface area contributed by atoms with Crippen molar-refractivity contribution in [3.05, 3.63) is 53.3 Å². The van der Waals surface area contributed by atoms with E-state index in [0.717, 1.165) is 0 Å². The van der Waals surface area contributed by atoms with Crippen LogP contribution in [0, 0.1) is 11.3 Å². The molecule has 6 heteroatoms. The molecule has 0 bridgehead atoms. The van der Waals surface area contributed by atoms with Gasteiger partial charge in [-0.05, 0) is 24.3 Å². The van der Waals surface area contributed by atoms with E-state index < -0.39 is 0 Å². The topological polar surface area (TPSA) is 77.0 Å². The lowest BCUT2D eigenvalue weighted by molar-refractivity contribution is -0.684. The average molecular weight is 289 g/mol. The highest BCUT2D eigenvalue weighted by Gasteiger charge is 2.11. The monoisotopic (exact) mass is 288 g/mol. The molecule has 2 aromatic rings. The Morgan fingerprint density at radius 3 is 2.90 bits per heavy atom. The SMILES string of the molecule is N#Cc1ccc(NC(=O)C[n+]2cccc(O)c2)cc1Cl. The number of anilines is 1. The Kier molecular flexibility index (Phi) is 4.18. The molecule has 1 amide bonds. The Hall–Kier alpha value is -2.58. The van der Waals surface area contributed by atoms with Crippen molar-refractivity contribution >= 4 is 23.2 Å². The van der Waals surface area contributed by atoms with Gasteiger partial charge in [0.2, 0.25) is 12.7 Å². The van der Waals surface area contributed by atoms with Crippen LogP contribution in [0.4, 0.5) is 5.69 Å². The maximum Gasteiger partial charge on any atom is 0.290 e. The van der Waals surface area contributed by atoms with Gasteiger partial charge >= 0.3 is 0 Å². The third kappa shape index (κ3) is 3.46. The van der Waals surface area contributed by atoms with Crippen LogP contribution in [0.5, 0.6) is 5.75 Å². The second kappa shape index (κ2) is 6.04. The first kappa shape index (κ1) is 13.8. The Bertz CT molecular complexity index is 695. The van der Waals surface area contributed by atoms with Gasteiger partial charge in [-0.3, -0.25) is 4.79 Å². The van der Waals surface area contributed by atoms with Gasteiger partial charge in [0.25, 0.3) is 5.91 Å². The van der Waals surface area contributed by atoms with Gasteiger partial charge in [-0.15, -0.1) is 0 Å². The molecule has 0 aliphatic carbocycles. The zero-order valence-electron chi connectivity index (χ0n) is 10.4. The van der Waals surface area contributed by atoms with E-state index in [9.17, 15) is 9.90 Å². The number of hydrogen-bond donors (Lipinski definition) is 2. The maximum atomic E-state index is 11.8. The molecule has 0 fully saturated rings. The number of rotatable bonds is 3. The van der Waals surface area contributed by atoms with Gasteiger partial charge in [-0.1, -0.05) is 11.6 Å². The molecule has 0 radical (unpaired) electrons. The van der Waals surface area contributed by atoms with Crippen LogP contribution in [0.1, 0.15) is 5.56 Å². The molecular weight excluding hydrogens is 278 g/mol. The summed E-state index contributed by atoms with van der Waals surface area (Å²) in [6, 6.07) is 9.77. The van der Waals surface area contributed by atoms with Crippen molar-refractivity contribution in [1.82, 2.24) is 0 Å². The number of hydrogen-bond acceptors (Lipinski definition) is 3. The van der Waals surface area contributed by atoms with Gasteiger partial charge in [0.05, 0.1) is 10.6 Å². The number of halogens is 1. The lowest BCUT2D eigenvalue weighted by atomic mass is 10.2. The van der Waals surface area contributed by atoms with E-state index in [1.807, 2.05) is 6.07 Å². The van der Waals surface area contributed by atoms with E-state index in [2.05, 4.69) is 5.32 Å². The number of amides is 1. The van der Waals surface area contributed by atoms with Gasteiger partial charge in [-0.2, -0.15) is 9.83 Å².